The third-order valence-corrected chi connectivity index (χ3v) is 5.06. The van der Waals surface area contributed by atoms with Crippen LogP contribution in [-0.2, 0) is 5.75 Å². The highest BCUT2D eigenvalue weighted by Gasteiger charge is 2.15. The summed E-state index contributed by atoms with van der Waals surface area (Å²) in [6.07, 6.45) is 0. The van der Waals surface area contributed by atoms with E-state index in [1.54, 1.807) is 5.51 Å². The lowest BCUT2D eigenvalue weighted by Gasteiger charge is -2.05. The summed E-state index contributed by atoms with van der Waals surface area (Å²) >= 11 is 2.91. The minimum absolute atomic E-state index is 0.481. The van der Waals surface area contributed by atoms with Crippen molar-refractivity contribution in [3.63, 3.8) is 0 Å². The van der Waals surface area contributed by atoms with Crippen LogP contribution in [0.3, 0.4) is 0 Å². The lowest BCUT2D eigenvalue weighted by Crippen LogP contribution is -1.95. The lowest BCUT2D eigenvalue weighted by atomic mass is 10.1. The number of rotatable bonds is 4. The molecule has 0 amide bonds. The van der Waals surface area contributed by atoms with Crippen LogP contribution < -0.4 is 0 Å². The van der Waals surface area contributed by atoms with Crippen molar-refractivity contribution in [3.8, 4) is 16.8 Å². The minimum atomic E-state index is 0.481. The van der Waals surface area contributed by atoms with Gasteiger partial charge in [-0.05, 0) is 32.4 Å². The SMILES string of the molecule is Cc1cc(C)c(C#N)c(SCc2noc(-c3scnc3C)n2)n1. The molecule has 23 heavy (non-hydrogen) atoms. The van der Waals surface area contributed by atoms with Gasteiger partial charge in [0, 0.05) is 5.69 Å². The Balaban J connectivity index is 1.79. The second-order valence-electron chi connectivity index (χ2n) is 4.94. The highest BCUT2D eigenvalue weighted by Crippen LogP contribution is 2.28. The topological polar surface area (TPSA) is 88.5 Å². The minimum Gasteiger partial charge on any atom is -0.333 e. The number of aryl methyl sites for hydroxylation is 3. The monoisotopic (exact) mass is 343 g/mol. The zero-order valence-electron chi connectivity index (χ0n) is 12.8. The van der Waals surface area contributed by atoms with Crippen molar-refractivity contribution in [2.75, 3.05) is 0 Å². The van der Waals surface area contributed by atoms with E-state index in [0.717, 1.165) is 21.8 Å². The largest absolute Gasteiger partial charge is 0.333 e. The average Bonchev–Trinajstić information content (AvgIpc) is 3.13. The van der Waals surface area contributed by atoms with E-state index in [-0.39, 0.29) is 0 Å². The van der Waals surface area contributed by atoms with Crippen LogP contribution in [0, 0.1) is 32.1 Å². The number of hydrogen-bond donors (Lipinski definition) is 0. The van der Waals surface area contributed by atoms with Gasteiger partial charge in [0.2, 0.25) is 0 Å². The zero-order valence-corrected chi connectivity index (χ0v) is 14.5. The molecular formula is C15H13N5OS2. The number of aromatic nitrogens is 4. The molecule has 6 nitrogen and oxygen atoms in total. The van der Waals surface area contributed by atoms with Crippen molar-refractivity contribution in [1.82, 2.24) is 20.1 Å². The summed E-state index contributed by atoms with van der Waals surface area (Å²) in [4.78, 5) is 13.9. The van der Waals surface area contributed by atoms with Crippen LogP contribution in [0.2, 0.25) is 0 Å². The number of thiazole rings is 1. The maximum atomic E-state index is 9.29. The Labute approximate surface area is 141 Å². The molecule has 0 aliphatic rings. The molecule has 0 saturated heterocycles. The van der Waals surface area contributed by atoms with Crippen LogP contribution in [-0.4, -0.2) is 20.1 Å². The third-order valence-electron chi connectivity index (χ3n) is 3.17. The predicted octanol–water partition coefficient (Wildman–Crippen LogP) is 3.68. The molecule has 3 aromatic rings. The smallest absolute Gasteiger partial charge is 0.269 e. The number of nitriles is 1. The summed E-state index contributed by atoms with van der Waals surface area (Å²) in [7, 11) is 0. The lowest BCUT2D eigenvalue weighted by molar-refractivity contribution is 0.425. The molecule has 0 saturated carbocycles. The fourth-order valence-electron chi connectivity index (χ4n) is 2.09. The van der Waals surface area contributed by atoms with Crippen LogP contribution >= 0.6 is 23.1 Å². The Morgan fingerprint density at radius 2 is 2.13 bits per heavy atom. The molecule has 8 heteroatoms. The van der Waals surface area contributed by atoms with Crippen molar-refractivity contribution < 1.29 is 4.52 Å². The average molecular weight is 343 g/mol. The van der Waals surface area contributed by atoms with Gasteiger partial charge in [-0.2, -0.15) is 10.2 Å². The summed E-state index contributed by atoms with van der Waals surface area (Å²) < 4.78 is 5.29. The van der Waals surface area contributed by atoms with Gasteiger partial charge in [-0.1, -0.05) is 16.9 Å². The molecule has 0 bridgehead atoms. The molecule has 0 N–H and O–H groups in total. The molecule has 3 rings (SSSR count). The van der Waals surface area contributed by atoms with Crippen LogP contribution in [0.5, 0.6) is 0 Å². The number of pyridine rings is 1. The van der Waals surface area contributed by atoms with Gasteiger partial charge in [-0.25, -0.2) is 9.97 Å². The van der Waals surface area contributed by atoms with Crippen molar-refractivity contribution in [3.05, 3.63) is 39.9 Å². The van der Waals surface area contributed by atoms with E-state index in [1.165, 1.54) is 23.1 Å². The van der Waals surface area contributed by atoms with Crippen LogP contribution in [0.4, 0.5) is 0 Å². The molecule has 0 atom stereocenters. The van der Waals surface area contributed by atoms with Crippen LogP contribution in [0.25, 0.3) is 10.8 Å². The standard InChI is InChI=1S/C15H13N5OS2/c1-8-4-9(2)18-15(11(8)5-16)22-6-12-19-14(21-20-12)13-10(3)17-7-23-13/h4,7H,6H2,1-3H3. The van der Waals surface area contributed by atoms with Gasteiger partial charge in [0.25, 0.3) is 5.89 Å². The summed E-state index contributed by atoms with van der Waals surface area (Å²) in [6, 6.07) is 4.11. The molecule has 3 aromatic heterocycles. The van der Waals surface area contributed by atoms with E-state index in [2.05, 4.69) is 26.2 Å². The second kappa shape index (κ2) is 6.48. The van der Waals surface area contributed by atoms with Gasteiger partial charge in [0.15, 0.2) is 5.82 Å². The first kappa shape index (κ1) is 15.6. The molecule has 0 fully saturated rings. The van der Waals surface area contributed by atoms with Gasteiger partial charge >= 0.3 is 0 Å². The van der Waals surface area contributed by atoms with E-state index < -0.39 is 0 Å². The molecule has 0 aliphatic carbocycles. The summed E-state index contributed by atoms with van der Waals surface area (Å²) in [5.41, 5.74) is 5.04. The highest BCUT2D eigenvalue weighted by molar-refractivity contribution is 7.98. The van der Waals surface area contributed by atoms with Crippen molar-refractivity contribution >= 4 is 23.1 Å². The molecule has 0 aromatic carbocycles. The predicted molar refractivity (Wildman–Crippen MR) is 88.1 cm³/mol. The summed E-state index contributed by atoms with van der Waals surface area (Å²) in [5.74, 6) is 1.54. The van der Waals surface area contributed by atoms with E-state index in [0.29, 0.717) is 28.1 Å². The summed E-state index contributed by atoms with van der Waals surface area (Å²) in [5, 5.41) is 14.0. The number of thioether (sulfide) groups is 1. The molecule has 0 aliphatic heterocycles. The van der Waals surface area contributed by atoms with Crippen molar-refractivity contribution in [1.29, 1.82) is 5.26 Å². The normalized spacial score (nSPS) is 10.7. The Kier molecular flexibility index (Phi) is 4.41. The molecule has 0 unspecified atom stereocenters. The van der Waals surface area contributed by atoms with Crippen molar-refractivity contribution in [2.24, 2.45) is 0 Å². The Hall–Kier alpha value is -2.24. The van der Waals surface area contributed by atoms with Gasteiger partial charge < -0.3 is 4.52 Å². The fourth-order valence-corrected chi connectivity index (χ4v) is 3.75. The first-order valence-electron chi connectivity index (χ1n) is 6.82. The number of hydrogen-bond acceptors (Lipinski definition) is 8. The first-order chi connectivity index (χ1) is 11.1. The summed E-state index contributed by atoms with van der Waals surface area (Å²) in [6.45, 7) is 5.73. The van der Waals surface area contributed by atoms with E-state index in [1.807, 2.05) is 26.8 Å². The maximum Gasteiger partial charge on any atom is 0.269 e. The van der Waals surface area contributed by atoms with E-state index in [9.17, 15) is 5.26 Å². The van der Waals surface area contributed by atoms with Gasteiger partial charge in [-0.15, -0.1) is 11.3 Å². The van der Waals surface area contributed by atoms with Crippen molar-refractivity contribution in [2.45, 2.75) is 31.6 Å². The Morgan fingerprint density at radius 1 is 1.30 bits per heavy atom. The number of nitrogens with zero attached hydrogens (tertiary/aromatic N) is 5. The third kappa shape index (κ3) is 3.25. The fraction of sp³-hybridized carbons (Fsp3) is 0.267. The second-order valence-corrected chi connectivity index (χ2v) is 6.76. The van der Waals surface area contributed by atoms with E-state index in [4.69, 9.17) is 4.52 Å². The molecule has 0 spiro atoms. The van der Waals surface area contributed by atoms with Gasteiger partial charge in [0.1, 0.15) is 16.0 Å². The molecular weight excluding hydrogens is 330 g/mol. The molecule has 116 valence electrons. The quantitative estimate of drug-likeness (QED) is 0.668. The van der Waals surface area contributed by atoms with Gasteiger partial charge in [0.05, 0.1) is 22.5 Å². The van der Waals surface area contributed by atoms with E-state index >= 15 is 0 Å². The zero-order chi connectivity index (χ0) is 16.4. The maximum absolute atomic E-state index is 9.29. The highest BCUT2D eigenvalue weighted by atomic mass is 32.2. The molecule has 0 radical (unpaired) electrons. The molecule has 3 heterocycles. The Bertz CT molecular complexity index is 894. The Morgan fingerprint density at radius 3 is 2.83 bits per heavy atom. The van der Waals surface area contributed by atoms with Crippen LogP contribution in [0.15, 0.2) is 21.1 Å². The van der Waals surface area contributed by atoms with Gasteiger partial charge in [-0.3, -0.25) is 0 Å². The first-order valence-corrected chi connectivity index (χ1v) is 8.69. The van der Waals surface area contributed by atoms with Crippen LogP contribution in [0.1, 0.15) is 28.3 Å².